The van der Waals surface area contributed by atoms with Crippen LogP contribution < -0.4 is 5.32 Å². The molecule has 0 saturated heterocycles. The second kappa shape index (κ2) is 3.42. The lowest BCUT2D eigenvalue weighted by atomic mass is 9.95. The minimum atomic E-state index is -2.32. The van der Waals surface area contributed by atoms with Crippen LogP contribution in [-0.4, -0.2) is 13.0 Å². The van der Waals surface area contributed by atoms with E-state index in [1.807, 2.05) is 12.1 Å². The molecule has 0 spiro atoms. The summed E-state index contributed by atoms with van der Waals surface area (Å²) in [6.07, 6.45) is -1.47. The van der Waals surface area contributed by atoms with Gasteiger partial charge in [0, 0.05) is 0 Å². The molecule has 70 valence electrons. The summed E-state index contributed by atoms with van der Waals surface area (Å²) < 4.78 is 25.1. The zero-order valence-corrected chi connectivity index (χ0v) is 7.13. The topological polar surface area (TPSA) is 12.0 Å². The Morgan fingerprint density at radius 3 is 2.85 bits per heavy atom. The Labute approximate surface area is 75.8 Å². The molecule has 1 aromatic rings. The number of fused-ring (bicyclic) bond motifs is 1. The first kappa shape index (κ1) is 8.63. The van der Waals surface area contributed by atoms with Gasteiger partial charge in [-0.25, -0.2) is 8.78 Å². The van der Waals surface area contributed by atoms with Crippen LogP contribution in [0.2, 0.25) is 0 Å². The molecule has 0 amide bonds. The van der Waals surface area contributed by atoms with Gasteiger partial charge in [0.25, 0.3) is 6.43 Å². The van der Waals surface area contributed by atoms with Gasteiger partial charge >= 0.3 is 0 Å². The van der Waals surface area contributed by atoms with Crippen molar-refractivity contribution in [3.05, 3.63) is 35.4 Å². The van der Waals surface area contributed by atoms with Crippen LogP contribution in [-0.2, 0) is 6.42 Å². The van der Waals surface area contributed by atoms with E-state index in [2.05, 4.69) is 5.32 Å². The predicted molar refractivity (Wildman–Crippen MR) is 46.9 cm³/mol. The van der Waals surface area contributed by atoms with Crippen LogP contribution in [0.3, 0.4) is 0 Å². The molecule has 0 radical (unpaired) electrons. The fourth-order valence-electron chi connectivity index (χ4n) is 1.76. The number of benzene rings is 1. The van der Waals surface area contributed by atoms with E-state index in [-0.39, 0.29) is 0 Å². The molecule has 0 saturated carbocycles. The lowest BCUT2D eigenvalue weighted by Crippen LogP contribution is -2.34. The summed E-state index contributed by atoms with van der Waals surface area (Å²) in [7, 11) is 0. The average Bonchev–Trinajstić information content (AvgIpc) is 2.17. The number of rotatable bonds is 1. The van der Waals surface area contributed by atoms with E-state index >= 15 is 0 Å². The molecule has 3 heteroatoms. The van der Waals surface area contributed by atoms with Crippen LogP contribution >= 0.6 is 0 Å². The molecule has 0 aliphatic carbocycles. The smallest absolute Gasteiger partial charge is 0.257 e. The van der Waals surface area contributed by atoms with Crippen LogP contribution in [0, 0.1) is 0 Å². The summed E-state index contributed by atoms with van der Waals surface area (Å²) in [5, 5.41) is 2.82. The van der Waals surface area contributed by atoms with E-state index in [1.54, 1.807) is 12.1 Å². The van der Waals surface area contributed by atoms with Crippen LogP contribution in [0.1, 0.15) is 17.2 Å². The SMILES string of the molecule is FC(F)C1NCCc2ccccc21. The minimum absolute atomic E-state index is 0.645. The highest BCUT2D eigenvalue weighted by molar-refractivity contribution is 5.32. The van der Waals surface area contributed by atoms with Gasteiger partial charge in [-0.2, -0.15) is 0 Å². The van der Waals surface area contributed by atoms with Gasteiger partial charge in [-0.3, -0.25) is 0 Å². The molecule has 1 nitrogen and oxygen atoms in total. The third-order valence-electron chi connectivity index (χ3n) is 2.40. The van der Waals surface area contributed by atoms with Crippen LogP contribution in [0.5, 0.6) is 0 Å². The number of halogens is 2. The summed E-state index contributed by atoms with van der Waals surface area (Å²) in [6.45, 7) is 0.645. The third-order valence-corrected chi connectivity index (χ3v) is 2.40. The van der Waals surface area contributed by atoms with Gasteiger partial charge in [-0.1, -0.05) is 24.3 Å². The summed E-state index contributed by atoms with van der Waals surface area (Å²) in [5.41, 5.74) is 1.80. The summed E-state index contributed by atoms with van der Waals surface area (Å²) in [4.78, 5) is 0. The Morgan fingerprint density at radius 1 is 1.31 bits per heavy atom. The molecule has 1 atom stereocenters. The largest absolute Gasteiger partial charge is 0.305 e. The lowest BCUT2D eigenvalue weighted by molar-refractivity contribution is 0.0954. The number of alkyl halides is 2. The number of hydrogen-bond donors (Lipinski definition) is 1. The van der Waals surface area contributed by atoms with E-state index in [9.17, 15) is 8.78 Å². The Morgan fingerprint density at radius 2 is 2.08 bits per heavy atom. The van der Waals surface area contributed by atoms with E-state index in [4.69, 9.17) is 0 Å². The molecule has 1 aromatic carbocycles. The lowest BCUT2D eigenvalue weighted by Gasteiger charge is -2.25. The summed E-state index contributed by atoms with van der Waals surface area (Å²) in [6, 6.07) is 6.63. The maximum absolute atomic E-state index is 12.5. The standard InChI is InChI=1S/C10H11F2N/c11-10(12)9-8-4-2-1-3-7(8)5-6-13-9/h1-4,9-10,13H,5-6H2. The molecule has 0 bridgehead atoms. The maximum atomic E-state index is 12.5. The maximum Gasteiger partial charge on any atom is 0.257 e. The van der Waals surface area contributed by atoms with Crippen molar-refractivity contribution in [1.29, 1.82) is 0 Å². The van der Waals surface area contributed by atoms with Crippen molar-refractivity contribution in [2.75, 3.05) is 6.54 Å². The normalized spacial score (nSPS) is 21.6. The van der Waals surface area contributed by atoms with Gasteiger partial charge in [-0.15, -0.1) is 0 Å². The zero-order chi connectivity index (χ0) is 9.26. The molecule has 1 unspecified atom stereocenters. The van der Waals surface area contributed by atoms with Crippen molar-refractivity contribution in [2.24, 2.45) is 0 Å². The molecule has 1 N–H and O–H groups in total. The quantitative estimate of drug-likeness (QED) is 0.703. The molecular weight excluding hydrogens is 172 g/mol. The highest BCUT2D eigenvalue weighted by Gasteiger charge is 2.26. The Balaban J connectivity index is 2.37. The highest BCUT2D eigenvalue weighted by atomic mass is 19.3. The zero-order valence-electron chi connectivity index (χ0n) is 7.13. The summed E-state index contributed by atoms with van der Waals surface area (Å²) in [5.74, 6) is 0. The molecular formula is C10H11F2N. The molecule has 1 aliphatic rings. The molecule has 1 aliphatic heterocycles. The summed E-state index contributed by atoms with van der Waals surface area (Å²) >= 11 is 0. The minimum Gasteiger partial charge on any atom is -0.305 e. The number of nitrogens with one attached hydrogen (secondary N) is 1. The van der Waals surface area contributed by atoms with Crippen molar-refractivity contribution < 1.29 is 8.78 Å². The van der Waals surface area contributed by atoms with Crippen molar-refractivity contribution in [2.45, 2.75) is 18.9 Å². The van der Waals surface area contributed by atoms with Gasteiger partial charge < -0.3 is 5.32 Å². The number of hydrogen-bond acceptors (Lipinski definition) is 1. The van der Waals surface area contributed by atoms with E-state index in [0.29, 0.717) is 6.54 Å². The second-order valence-electron chi connectivity index (χ2n) is 3.22. The second-order valence-corrected chi connectivity index (χ2v) is 3.22. The molecule has 1 heterocycles. The Bertz CT molecular complexity index is 299. The van der Waals surface area contributed by atoms with Gasteiger partial charge in [0.15, 0.2) is 0 Å². The van der Waals surface area contributed by atoms with Gasteiger partial charge in [-0.05, 0) is 24.1 Å². The average molecular weight is 183 g/mol. The van der Waals surface area contributed by atoms with Crippen LogP contribution in [0.15, 0.2) is 24.3 Å². The highest BCUT2D eigenvalue weighted by Crippen LogP contribution is 2.27. The molecule has 2 rings (SSSR count). The van der Waals surface area contributed by atoms with Gasteiger partial charge in [0.05, 0.1) is 6.04 Å². The first-order chi connectivity index (χ1) is 6.29. The van der Waals surface area contributed by atoms with E-state index in [1.165, 1.54) is 0 Å². The first-order valence-corrected chi connectivity index (χ1v) is 4.38. The molecule has 0 aromatic heterocycles. The van der Waals surface area contributed by atoms with Gasteiger partial charge in [0.1, 0.15) is 0 Å². The predicted octanol–water partition coefficient (Wildman–Crippen LogP) is 2.14. The fraction of sp³-hybridized carbons (Fsp3) is 0.400. The Hall–Kier alpha value is -0.960. The van der Waals surface area contributed by atoms with E-state index in [0.717, 1.165) is 17.5 Å². The van der Waals surface area contributed by atoms with Crippen molar-refractivity contribution in [3.63, 3.8) is 0 Å². The molecule has 0 fully saturated rings. The fourth-order valence-corrected chi connectivity index (χ4v) is 1.76. The van der Waals surface area contributed by atoms with Crippen LogP contribution in [0.4, 0.5) is 8.78 Å². The van der Waals surface area contributed by atoms with Crippen LogP contribution in [0.25, 0.3) is 0 Å². The first-order valence-electron chi connectivity index (χ1n) is 4.38. The van der Waals surface area contributed by atoms with Gasteiger partial charge in [0.2, 0.25) is 0 Å². The third kappa shape index (κ3) is 1.56. The van der Waals surface area contributed by atoms with Crippen molar-refractivity contribution in [3.8, 4) is 0 Å². The monoisotopic (exact) mass is 183 g/mol. The van der Waals surface area contributed by atoms with Crippen molar-refractivity contribution >= 4 is 0 Å². The Kier molecular flexibility index (Phi) is 2.27. The van der Waals surface area contributed by atoms with Crippen molar-refractivity contribution in [1.82, 2.24) is 5.32 Å². The van der Waals surface area contributed by atoms with E-state index < -0.39 is 12.5 Å². The molecule has 13 heavy (non-hydrogen) atoms.